The molecule has 1 aliphatic carbocycles. The number of hydrogen-bond acceptors (Lipinski definition) is 2. The van der Waals surface area contributed by atoms with Crippen molar-refractivity contribution in [3.8, 4) is 0 Å². The summed E-state index contributed by atoms with van der Waals surface area (Å²) in [7, 11) is 0. The van der Waals surface area contributed by atoms with E-state index in [1.807, 2.05) is 0 Å². The van der Waals surface area contributed by atoms with Crippen molar-refractivity contribution >= 4 is 0 Å². The molecule has 1 rings (SSSR count). The van der Waals surface area contributed by atoms with Crippen LogP contribution in [0.25, 0.3) is 0 Å². The molecule has 0 heterocycles. The topological polar surface area (TPSA) is 23.5 Å². The van der Waals surface area contributed by atoms with Gasteiger partial charge in [0.25, 0.3) is 0 Å². The molecule has 2 heteroatoms. The van der Waals surface area contributed by atoms with Gasteiger partial charge in [-0.3, -0.25) is 4.90 Å². The highest BCUT2D eigenvalue weighted by atomic mass is 16.3. The van der Waals surface area contributed by atoms with Crippen LogP contribution in [0.1, 0.15) is 78.6 Å². The Hall–Kier alpha value is -0.0800. The van der Waals surface area contributed by atoms with Crippen LogP contribution in [0.4, 0.5) is 0 Å². The molecule has 2 nitrogen and oxygen atoms in total. The molecule has 18 heavy (non-hydrogen) atoms. The lowest BCUT2D eigenvalue weighted by molar-refractivity contribution is 0.0147. The average molecular weight is 255 g/mol. The molecule has 1 N–H and O–H groups in total. The second kappa shape index (κ2) is 8.92. The van der Waals surface area contributed by atoms with Gasteiger partial charge in [-0.1, -0.05) is 45.4 Å². The molecule has 1 aliphatic rings. The number of nitrogens with zero attached hydrogens (tertiary/aromatic N) is 1. The minimum Gasteiger partial charge on any atom is -0.391 e. The van der Waals surface area contributed by atoms with Crippen LogP contribution in [0.5, 0.6) is 0 Å². The number of aliphatic hydroxyl groups excluding tert-OH is 1. The van der Waals surface area contributed by atoms with Gasteiger partial charge in [0.15, 0.2) is 0 Å². The molecule has 0 aromatic heterocycles. The minimum atomic E-state index is -0.102. The maximum absolute atomic E-state index is 10.4. The first-order valence-electron chi connectivity index (χ1n) is 8.10. The Bertz CT molecular complexity index is 205. The minimum absolute atomic E-state index is 0.102. The van der Waals surface area contributed by atoms with Gasteiger partial charge < -0.3 is 5.11 Å². The first-order valence-corrected chi connectivity index (χ1v) is 8.10. The van der Waals surface area contributed by atoms with E-state index in [4.69, 9.17) is 0 Å². The zero-order valence-electron chi connectivity index (χ0n) is 12.7. The van der Waals surface area contributed by atoms with Gasteiger partial charge in [-0.2, -0.15) is 0 Å². The summed E-state index contributed by atoms with van der Waals surface area (Å²) in [6.07, 6.45) is 11.1. The van der Waals surface area contributed by atoms with Gasteiger partial charge in [-0.15, -0.1) is 0 Å². The fraction of sp³-hybridized carbons (Fsp3) is 1.00. The van der Waals surface area contributed by atoms with Crippen LogP contribution < -0.4 is 0 Å². The third kappa shape index (κ3) is 5.27. The Labute approximate surface area is 114 Å². The van der Waals surface area contributed by atoms with Crippen molar-refractivity contribution in [2.75, 3.05) is 6.54 Å². The molecule has 1 saturated carbocycles. The predicted molar refractivity (Wildman–Crippen MR) is 78.9 cm³/mol. The lowest BCUT2D eigenvalue weighted by Crippen LogP contribution is -2.48. The zero-order valence-corrected chi connectivity index (χ0v) is 12.7. The maximum atomic E-state index is 10.4. The van der Waals surface area contributed by atoms with Crippen LogP contribution in [0.3, 0.4) is 0 Å². The SMILES string of the molecule is CCCCCN(C(C)C)C1CCCCCCC1O. The summed E-state index contributed by atoms with van der Waals surface area (Å²) in [5.41, 5.74) is 0. The Morgan fingerprint density at radius 2 is 1.72 bits per heavy atom. The van der Waals surface area contributed by atoms with Gasteiger partial charge in [0, 0.05) is 12.1 Å². The van der Waals surface area contributed by atoms with Crippen molar-refractivity contribution in [3.05, 3.63) is 0 Å². The monoisotopic (exact) mass is 255 g/mol. The summed E-state index contributed by atoms with van der Waals surface area (Å²) in [6.45, 7) is 7.96. The van der Waals surface area contributed by atoms with Crippen LogP contribution in [-0.2, 0) is 0 Å². The van der Waals surface area contributed by atoms with Crippen molar-refractivity contribution in [1.29, 1.82) is 0 Å². The Balaban J connectivity index is 2.56. The first-order chi connectivity index (χ1) is 8.66. The van der Waals surface area contributed by atoms with Crippen LogP contribution in [0.2, 0.25) is 0 Å². The standard InChI is InChI=1S/C16H33NO/c1-4-5-10-13-17(14(2)3)15-11-8-6-7-9-12-16(15)18/h14-16,18H,4-13H2,1-3H3. The van der Waals surface area contributed by atoms with E-state index < -0.39 is 0 Å². The summed E-state index contributed by atoms with van der Waals surface area (Å²) in [6, 6.07) is 0.961. The third-order valence-corrected chi connectivity index (χ3v) is 4.30. The highest BCUT2D eigenvalue weighted by Gasteiger charge is 2.27. The first kappa shape index (κ1) is 16.0. The molecule has 0 spiro atoms. The van der Waals surface area contributed by atoms with Crippen LogP contribution in [-0.4, -0.2) is 34.7 Å². The van der Waals surface area contributed by atoms with Crippen molar-refractivity contribution in [3.63, 3.8) is 0 Å². The molecule has 108 valence electrons. The fourth-order valence-electron chi connectivity index (χ4n) is 3.18. The van der Waals surface area contributed by atoms with Crippen LogP contribution >= 0.6 is 0 Å². The summed E-state index contributed by atoms with van der Waals surface area (Å²) in [5.74, 6) is 0. The second-order valence-corrected chi connectivity index (χ2v) is 6.16. The van der Waals surface area contributed by atoms with Crippen molar-refractivity contribution in [2.24, 2.45) is 0 Å². The van der Waals surface area contributed by atoms with E-state index in [1.54, 1.807) is 0 Å². The summed E-state index contributed by atoms with van der Waals surface area (Å²) < 4.78 is 0. The molecule has 0 aromatic carbocycles. The van der Waals surface area contributed by atoms with Gasteiger partial charge in [-0.25, -0.2) is 0 Å². The molecule has 1 fully saturated rings. The largest absolute Gasteiger partial charge is 0.391 e. The smallest absolute Gasteiger partial charge is 0.0695 e. The van der Waals surface area contributed by atoms with Crippen molar-refractivity contribution in [2.45, 2.75) is 96.7 Å². The highest BCUT2D eigenvalue weighted by Crippen LogP contribution is 2.24. The number of rotatable bonds is 6. The molecule has 0 amide bonds. The highest BCUT2D eigenvalue weighted by molar-refractivity contribution is 4.82. The number of unbranched alkanes of at least 4 members (excludes halogenated alkanes) is 2. The van der Waals surface area contributed by atoms with Gasteiger partial charge >= 0.3 is 0 Å². The molecule has 2 unspecified atom stereocenters. The van der Waals surface area contributed by atoms with E-state index in [9.17, 15) is 5.11 Å². The summed E-state index contributed by atoms with van der Waals surface area (Å²) in [4.78, 5) is 2.56. The predicted octanol–water partition coefficient (Wildman–Crippen LogP) is 3.97. The van der Waals surface area contributed by atoms with Crippen LogP contribution in [0, 0.1) is 0 Å². The van der Waals surface area contributed by atoms with E-state index in [2.05, 4.69) is 25.7 Å². The van der Waals surface area contributed by atoms with E-state index in [1.165, 1.54) is 51.4 Å². The van der Waals surface area contributed by atoms with Crippen molar-refractivity contribution in [1.82, 2.24) is 4.90 Å². The Kier molecular flexibility index (Phi) is 7.92. The molecule has 0 aromatic rings. The lowest BCUT2D eigenvalue weighted by atomic mass is 9.92. The fourth-order valence-corrected chi connectivity index (χ4v) is 3.18. The van der Waals surface area contributed by atoms with E-state index in [0.29, 0.717) is 12.1 Å². The van der Waals surface area contributed by atoms with Gasteiger partial charge in [0.2, 0.25) is 0 Å². The van der Waals surface area contributed by atoms with Gasteiger partial charge in [-0.05, 0) is 39.7 Å². The van der Waals surface area contributed by atoms with Gasteiger partial charge in [0.05, 0.1) is 6.10 Å². The Morgan fingerprint density at radius 1 is 1.06 bits per heavy atom. The summed E-state index contributed by atoms with van der Waals surface area (Å²) >= 11 is 0. The average Bonchev–Trinajstić information content (AvgIpc) is 2.31. The quantitative estimate of drug-likeness (QED) is 0.726. The molecule has 2 atom stereocenters. The van der Waals surface area contributed by atoms with Crippen molar-refractivity contribution < 1.29 is 5.11 Å². The lowest BCUT2D eigenvalue weighted by Gasteiger charge is -2.39. The Morgan fingerprint density at radius 3 is 2.33 bits per heavy atom. The molecule has 0 bridgehead atoms. The molecular formula is C16H33NO. The number of hydrogen-bond donors (Lipinski definition) is 1. The zero-order chi connectivity index (χ0) is 13.4. The third-order valence-electron chi connectivity index (χ3n) is 4.30. The summed E-state index contributed by atoms with van der Waals surface area (Å²) in [5, 5.41) is 10.4. The van der Waals surface area contributed by atoms with E-state index in [0.717, 1.165) is 13.0 Å². The normalized spacial score (nSPS) is 26.3. The van der Waals surface area contributed by atoms with E-state index in [-0.39, 0.29) is 6.10 Å². The van der Waals surface area contributed by atoms with Crippen LogP contribution in [0.15, 0.2) is 0 Å². The molecule has 0 radical (unpaired) electrons. The molecular weight excluding hydrogens is 222 g/mol. The number of aliphatic hydroxyl groups is 1. The molecule has 0 saturated heterocycles. The van der Waals surface area contributed by atoms with Gasteiger partial charge in [0.1, 0.15) is 0 Å². The second-order valence-electron chi connectivity index (χ2n) is 6.16. The van der Waals surface area contributed by atoms with E-state index >= 15 is 0 Å². The molecule has 0 aliphatic heterocycles. The maximum Gasteiger partial charge on any atom is 0.0695 e.